The highest BCUT2D eigenvalue weighted by molar-refractivity contribution is 7.92. The van der Waals surface area contributed by atoms with Gasteiger partial charge in [-0.15, -0.1) is 11.3 Å². The second-order valence-electron chi connectivity index (χ2n) is 9.05. The molecule has 38 heavy (non-hydrogen) atoms. The zero-order valence-corrected chi connectivity index (χ0v) is 21.0. The molecule has 0 aliphatic heterocycles. The van der Waals surface area contributed by atoms with Gasteiger partial charge >= 0.3 is 0 Å². The van der Waals surface area contributed by atoms with Gasteiger partial charge in [-0.1, -0.05) is 0 Å². The van der Waals surface area contributed by atoms with Crippen LogP contribution in [0.3, 0.4) is 0 Å². The average Bonchev–Trinajstić information content (AvgIpc) is 3.56. The fraction of sp³-hybridized carbons (Fsp3) is 0.160. The summed E-state index contributed by atoms with van der Waals surface area (Å²) in [5.41, 5.74) is 5.61. The Bertz CT molecular complexity index is 1930. The number of rotatable bonds is 6. The summed E-state index contributed by atoms with van der Waals surface area (Å²) in [4.78, 5) is 20.7. The van der Waals surface area contributed by atoms with Crippen LogP contribution >= 0.6 is 11.3 Å². The summed E-state index contributed by atoms with van der Waals surface area (Å²) in [5, 5.41) is 0.430. The lowest BCUT2D eigenvalue weighted by atomic mass is 10.0. The molecule has 3 aromatic heterocycles. The SMILES string of the molecule is Nc1cc2c(cn1)cc(-c1c(F)ccc(NS(=O)(=O)c3ccc4ncsc4c3F)c1F)c(=O)n2CC1CC1. The van der Waals surface area contributed by atoms with E-state index >= 15 is 8.78 Å². The number of hydrogen-bond donors (Lipinski definition) is 2. The third-order valence-electron chi connectivity index (χ3n) is 6.43. The Morgan fingerprint density at radius 2 is 1.87 bits per heavy atom. The predicted molar refractivity (Wildman–Crippen MR) is 139 cm³/mol. The highest BCUT2D eigenvalue weighted by Crippen LogP contribution is 2.35. The van der Waals surface area contributed by atoms with Crippen LogP contribution in [0.25, 0.3) is 32.2 Å². The van der Waals surface area contributed by atoms with Crippen molar-refractivity contribution in [3.63, 3.8) is 0 Å². The van der Waals surface area contributed by atoms with E-state index in [1.807, 2.05) is 4.72 Å². The Morgan fingerprint density at radius 3 is 2.63 bits per heavy atom. The second-order valence-corrected chi connectivity index (χ2v) is 11.6. The van der Waals surface area contributed by atoms with E-state index in [1.54, 1.807) is 0 Å². The van der Waals surface area contributed by atoms with E-state index in [0.717, 1.165) is 42.4 Å². The molecule has 13 heteroatoms. The largest absolute Gasteiger partial charge is 0.384 e. The van der Waals surface area contributed by atoms with Crippen molar-refractivity contribution in [1.29, 1.82) is 0 Å². The molecule has 0 bridgehead atoms. The van der Waals surface area contributed by atoms with E-state index in [1.165, 1.54) is 34.5 Å². The Balaban J connectivity index is 1.48. The van der Waals surface area contributed by atoms with E-state index in [0.29, 0.717) is 17.4 Å². The number of aromatic nitrogens is 3. The number of fused-ring (bicyclic) bond motifs is 2. The van der Waals surface area contributed by atoms with Gasteiger partial charge in [0.15, 0.2) is 11.6 Å². The number of thiazole rings is 1. The molecule has 0 radical (unpaired) electrons. The van der Waals surface area contributed by atoms with Gasteiger partial charge in [0.1, 0.15) is 16.5 Å². The summed E-state index contributed by atoms with van der Waals surface area (Å²) >= 11 is 0.916. The molecule has 5 aromatic rings. The quantitative estimate of drug-likeness (QED) is 0.307. The molecule has 8 nitrogen and oxygen atoms in total. The summed E-state index contributed by atoms with van der Waals surface area (Å²) in [7, 11) is -4.63. The molecule has 6 rings (SSSR count). The number of nitrogens with one attached hydrogen (secondary N) is 1. The summed E-state index contributed by atoms with van der Waals surface area (Å²) in [6.07, 6.45) is 3.24. The molecule has 1 aliphatic rings. The monoisotopic (exact) mass is 557 g/mol. The lowest BCUT2D eigenvalue weighted by molar-refractivity contribution is 0.574. The predicted octanol–water partition coefficient (Wildman–Crippen LogP) is 4.88. The first-order chi connectivity index (χ1) is 18.1. The first-order valence-electron chi connectivity index (χ1n) is 11.5. The first-order valence-corrected chi connectivity index (χ1v) is 13.8. The number of halogens is 3. The van der Waals surface area contributed by atoms with Crippen molar-refractivity contribution in [2.45, 2.75) is 24.3 Å². The van der Waals surface area contributed by atoms with Gasteiger partial charge < -0.3 is 10.3 Å². The normalized spacial score (nSPS) is 13.9. The molecule has 3 heterocycles. The molecule has 3 N–H and O–H groups in total. The fourth-order valence-corrected chi connectivity index (χ4v) is 6.30. The second kappa shape index (κ2) is 8.81. The standard InChI is InChI=1S/C25H18F3N5O3S2/c26-15-3-4-16(32-38(35,36)19-6-5-17-24(23(19)28)37-11-31-17)22(27)21(15)14-7-13-9-30-20(29)8-18(13)33(25(14)34)10-12-1-2-12/h3-9,11-12,32H,1-2,10H2,(H2,29,30). The highest BCUT2D eigenvalue weighted by Gasteiger charge is 2.28. The maximum absolute atomic E-state index is 15.8. The minimum Gasteiger partial charge on any atom is -0.384 e. The number of sulfonamides is 1. The summed E-state index contributed by atoms with van der Waals surface area (Å²) < 4.78 is 75.2. The number of nitrogens with two attached hydrogens (primary N) is 1. The Kier molecular flexibility index (Phi) is 5.65. The zero-order valence-electron chi connectivity index (χ0n) is 19.4. The molecule has 0 spiro atoms. The lowest BCUT2D eigenvalue weighted by Gasteiger charge is -2.16. The van der Waals surface area contributed by atoms with Crippen LogP contribution in [0, 0.1) is 23.4 Å². The molecular formula is C25H18F3N5O3S2. The average molecular weight is 558 g/mol. The molecule has 2 aromatic carbocycles. The van der Waals surface area contributed by atoms with Crippen LogP contribution in [0.5, 0.6) is 0 Å². The van der Waals surface area contributed by atoms with Crippen molar-refractivity contribution in [2.24, 2.45) is 5.92 Å². The van der Waals surface area contributed by atoms with Gasteiger partial charge in [0.2, 0.25) is 0 Å². The molecule has 0 saturated heterocycles. The van der Waals surface area contributed by atoms with Crippen molar-refractivity contribution in [2.75, 3.05) is 10.5 Å². The van der Waals surface area contributed by atoms with Gasteiger partial charge in [0.05, 0.1) is 38.1 Å². The lowest BCUT2D eigenvalue weighted by Crippen LogP contribution is -2.24. The Morgan fingerprint density at radius 1 is 1.08 bits per heavy atom. The molecule has 1 fully saturated rings. The maximum atomic E-state index is 15.8. The van der Waals surface area contributed by atoms with E-state index < -0.39 is 49.2 Å². The van der Waals surface area contributed by atoms with Gasteiger partial charge in [-0.25, -0.2) is 31.6 Å². The van der Waals surface area contributed by atoms with Crippen LogP contribution < -0.4 is 16.0 Å². The number of nitrogen functional groups attached to an aromatic ring is 1. The molecule has 194 valence electrons. The van der Waals surface area contributed by atoms with E-state index in [-0.39, 0.29) is 27.5 Å². The number of nitrogens with zero attached hydrogens (tertiary/aromatic N) is 3. The van der Waals surface area contributed by atoms with Gasteiger partial charge in [0, 0.05) is 24.2 Å². The summed E-state index contributed by atoms with van der Waals surface area (Å²) in [5.74, 6) is -2.98. The van der Waals surface area contributed by atoms with Gasteiger partial charge in [0.25, 0.3) is 15.6 Å². The molecule has 0 atom stereocenters. The Labute approximate surface area is 217 Å². The number of pyridine rings is 2. The van der Waals surface area contributed by atoms with Crippen molar-refractivity contribution in [1.82, 2.24) is 14.5 Å². The van der Waals surface area contributed by atoms with Gasteiger partial charge in [-0.2, -0.15) is 0 Å². The van der Waals surface area contributed by atoms with Crippen LogP contribution in [-0.4, -0.2) is 23.0 Å². The van der Waals surface area contributed by atoms with Crippen molar-refractivity contribution >= 4 is 54.0 Å². The third kappa shape index (κ3) is 4.07. The molecule has 0 unspecified atom stereocenters. The van der Waals surface area contributed by atoms with Crippen molar-refractivity contribution in [3.8, 4) is 11.1 Å². The van der Waals surface area contributed by atoms with E-state index in [9.17, 15) is 17.6 Å². The van der Waals surface area contributed by atoms with E-state index in [4.69, 9.17) is 5.73 Å². The summed E-state index contributed by atoms with van der Waals surface area (Å²) in [6, 6.07) is 6.88. The van der Waals surface area contributed by atoms with Crippen LogP contribution in [-0.2, 0) is 16.6 Å². The molecule has 1 aliphatic carbocycles. The topological polar surface area (TPSA) is 120 Å². The Hall–Kier alpha value is -3.97. The van der Waals surface area contributed by atoms with Crippen LogP contribution in [0.15, 0.2) is 57.8 Å². The highest BCUT2D eigenvalue weighted by atomic mass is 32.2. The fourth-order valence-electron chi connectivity index (χ4n) is 4.37. The zero-order chi connectivity index (χ0) is 26.8. The minimum atomic E-state index is -4.63. The van der Waals surface area contributed by atoms with Crippen molar-refractivity contribution in [3.05, 3.63) is 75.9 Å². The number of hydrogen-bond acceptors (Lipinski definition) is 7. The molecular weight excluding hydrogens is 539 g/mol. The molecule has 0 amide bonds. The minimum absolute atomic E-state index is 0.0229. The third-order valence-corrected chi connectivity index (χ3v) is 8.65. The van der Waals surface area contributed by atoms with Crippen LogP contribution in [0.2, 0.25) is 0 Å². The molecule has 1 saturated carbocycles. The first kappa shape index (κ1) is 24.4. The van der Waals surface area contributed by atoms with Crippen LogP contribution in [0.1, 0.15) is 12.8 Å². The number of benzene rings is 2. The smallest absolute Gasteiger partial charge is 0.264 e. The van der Waals surface area contributed by atoms with Crippen LogP contribution in [0.4, 0.5) is 24.7 Å². The van der Waals surface area contributed by atoms with Gasteiger partial charge in [-0.05, 0) is 49.1 Å². The van der Waals surface area contributed by atoms with Crippen molar-refractivity contribution < 1.29 is 21.6 Å². The van der Waals surface area contributed by atoms with E-state index in [2.05, 4.69) is 9.97 Å². The number of anilines is 2. The van der Waals surface area contributed by atoms with Gasteiger partial charge in [-0.3, -0.25) is 9.52 Å². The summed E-state index contributed by atoms with van der Waals surface area (Å²) in [6.45, 7) is 0.335. The maximum Gasteiger partial charge on any atom is 0.264 e.